The Labute approximate surface area is 117 Å². The molecule has 0 aliphatic carbocycles. The van der Waals surface area contributed by atoms with E-state index in [0.717, 1.165) is 21.9 Å². The molecule has 0 bridgehead atoms. The molecule has 3 aromatic rings. The highest BCUT2D eigenvalue weighted by atomic mass is 79.9. The first-order valence-electron chi connectivity index (χ1n) is 5.46. The zero-order chi connectivity index (χ0) is 12.5. The average molecular weight is 320 g/mol. The molecule has 0 saturated carbocycles. The fourth-order valence-electron chi connectivity index (χ4n) is 1.79. The maximum absolute atomic E-state index is 4.35. The number of benzene rings is 1. The number of thiophene rings is 1. The second kappa shape index (κ2) is 4.66. The number of aryl methyl sites for hydroxylation is 1. The van der Waals surface area contributed by atoms with Gasteiger partial charge in [-0.2, -0.15) is 0 Å². The van der Waals surface area contributed by atoms with Gasteiger partial charge in [0.25, 0.3) is 0 Å². The van der Waals surface area contributed by atoms with Crippen LogP contribution < -0.4 is 5.32 Å². The molecule has 0 saturated heterocycles. The summed E-state index contributed by atoms with van der Waals surface area (Å²) in [5.41, 5.74) is 1.03. The fourth-order valence-corrected chi connectivity index (χ4v) is 3.03. The summed E-state index contributed by atoms with van der Waals surface area (Å²) >= 11 is 5.12. The second-order valence-corrected chi connectivity index (χ2v) is 5.68. The van der Waals surface area contributed by atoms with E-state index in [9.17, 15) is 0 Å². The minimum atomic E-state index is 0.739. The average Bonchev–Trinajstić information content (AvgIpc) is 2.74. The van der Waals surface area contributed by atoms with Crippen molar-refractivity contribution in [1.29, 1.82) is 0 Å². The molecule has 18 heavy (non-hydrogen) atoms. The molecule has 0 unspecified atom stereocenters. The van der Waals surface area contributed by atoms with Crippen molar-refractivity contribution in [2.24, 2.45) is 0 Å². The van der Waals surface area contributed by atoms with E-state index in [1.165, 1.54) is 10.1 Å². The number of halogens is 1. The predicted octanol–water partition coefficient (Wildman–Crippen LogP) is 4.51. The molecule has 5 heteroatoms. The molecular formula is C13H10BrN3S. The lowest BCUT2D eigenvalue weighted by atomic mass is 10.2. The zero-order valence-corrected chi connectivity index (χ0v) is 12.0. The SMILES string of the molecule is Cc1nc(Br)cc(Nc2ccc3sccc3c2)n1. The smallest absolute Gasteiger partial charge is 0.135 e. The molecule has 0 radical (unpaired) electrons. The van der Waals surface area contributed by atoms with Gasteiger partial charge in [-0.1, -0.05) is 0 Å². The maximum atomic E-state index is 4.35. The normalized spacial score (nSPS) is 10.8. The van der Waals surface area contributed by atoms with Crippen molar-refractivity contribution in [2.45, 2.75) is 6.92 Å². The molecule has 1 aromatic carbocycles. The van der Waals surface area contributed by atoms with E-state index >= 15 is 0 Å². The number of fused-ring (bicyclic) bond motifs is 1. The van der Waals surface area contributed by atoms with Crippen LogP contribution in [0.3, 0.4) is 0 Å². The van der Waals surface area contributed by atoms with Crippen LogP contribution in [0.5, 0.6) is 0 Å². The van der Waals surface area contributed by atoms with Gasteiger partial charge in [0.15, 0.2) is 0 Å². The van der Waals surface area contributed by atoms with Crippen LogP contribution in [-0.2, 0) is 0 Å². The Hall–Kier alpha value is -1.46. The lowest BCUT2D eigenvalue weighted by molar-refractivity contribution is 1.04. The molecule has 3 rings (SSSR count). The molecule has 2 heterocycles. The van der Waals surface area contributed by atoms with Crippen molar-refractivity contribution < 1.29 is 0 Å². The monoisotopic (exact) mass is 319 g/mol. The first kappa shape index (κ1) is 11.6. The fraction of sp³-hybridized carbons (Fsp3) is 0.0769. The van der Waals surface area contributed by atoms with E-state index in [-0.39, 0.29) is 0 Å². The maximum Gasteiger partial charge on any atom is 0.135 e. The standard InChI is InChI=1S/C13H10BrN3S/c1-8-15-12(14)7-13(16-8)17-10-2-3-11-9(6-10)4-5-18-11/h2-7H,1H3,(H,15,16,17). The van der Waals surface area contributed by atoms with Crippen molar-refractivity contribution in [2.75, 3.05) is 5.32 Å². The number of anilines is 2. The van der Waals surface area contributed by atoms with E-state index in [0.29, 0.717) is 0 Å². The van der Waals surface area contributed by atoms with Crippen LogP contribution in [0, 0.1) is 6.92 Å². The Morgan fingerprint density at radius 1 is 1.17 bits per heavy atom. The topological polar surface area (TPSA) is 37.8 Å². The van der Waals surface area contributed by atoms with E-state index in [1.807, 2.05) is 13.0 Å². The third kappa shape index (κ3) is 2.37. The highest BCUT2D eigenvalue weighted by Gasteiger charge is 2.02. The largest absolute Gasteiger partial charge is 0.340 e. The van der Waals surface area contributed by atoms with Gasteiger partial charge in [0.05, 0.1) is 0 Å². The molecule has 0 fully saturated rings. The quantitative estimate of drug-likeness (QED) is 0.706. The summed E-state index contributed by atoms with van der Waals surface area (Å²) in [6.07, 6.45) is 0. The van der Waals surface area contributed by atoms with Gasteiger partial charge in [0, 0.05) is 16.5 Å². The number of aromatic nitrogens is 2. The van der Waals surface area contributed by atoms with Crippen molar-refractivity contribution >= 4 is 48.9 Å². The minimum absolute atomic E-state index is 0.739. The van der Waals surface area contributed by atoms with Gasteiger partial charge < -0.3 is 5.32 Å². The van der Waals surface area contributed by atoms with Gasteiger partial charge >= 0.3 is 0 Å². The third-order valence-electron chi connectivity index (χ3n) is 2.53. The van der Waals surface area contributed by atoms with Gasteiger partial charge in [-0.05, 0) is 57.9 Å². The zero-order valence-electron chi connectivity index (χ0n) is 9.64. The summed E-state index contributed by atoms with van der Waals surface area (Å²) in [5, 5.41) is 6.63. The number of hydrogen-bond donors (Lipinski definition) is 1. The van der Waals surface area contributed by atoms with Gasteiger partial charge in [-0.15, -0.1) is 11.3 Å². The predicted molar refractivity (Wildman–Crippen MR) is 79.6 cm³/mol. The summed E-state index contributed by atoms with van der Waals surface area (Å²) in [7, 11) is 0. The molecule has 1 N–H and O–H groups in total. The second-order valence-electron chi connectivity index (χ2n) is 3.92. The Bertz CT molecular complexity index is 688. The Balaban J connectivity index is 1.95. The van der Waals surface area contributed by atoms with Crippen LogP contribution >= 0.6 is 27.3 Å². The van der Waals surface area contributed by atoms with Crippen LogP contribution in [0.15, 0.2) is 40.3 Å². The minimum Gasteiger partial charge on any atom is -0.340 e. The molecule has 0 aliphatic rings. The van der Waals surface area contributed by atoms with E-state index < -0.39 is 0 Å². The van der Waals surface area contributed by atoms with Gasteiger partial charge in [-0.3, -0.25) is 0 Å². The van der Waals surface area contributed by atoms with E-state index in [2.05, 4.69) is 60.9 Å². The lowest BCUT2D eigenvalue weighted by Gasteiger charge is -2.06. The van der Waals surface area contributed by atoms with Crippen LogP contribution in [0.1, 0.15) is 5.82 Å². The lowest BCUT2D eigenvalue weighted by Crippen LogP contribution is -1.97. The summed E-state index contributed by atoms with van der Waals surface area (Å²) in [6.45, 7) is 1.87. The summed E-state index contributed by atoms with van der Waals surface area (Å²) in [6, 6.07) is 10.3. The van der Waals surface area contributed by atoms with Crippen molar-refractivity contribution in [3.63, 3.8) is 0 Å². The number of rotatable bonds is 2. The van der Waals surface area contributed by atoms with E-state index in [1.54, 1.807) is 11.3 Å². The molecule has 90 valence electrons. The first-order chi connectivity index (χ1) is 8.70. The number of nitrogens with one attached hydrogen (secondary N) is 1. The van der Waals surface area contributed by atoms with Crippen molar-refractivity contribution in [3.05, 3.63) is 46.1 Å². The Morgan fingerprint density at radius 3 is 2.89 bits per heavy atom. The van der Waals surface area contributed by atoms with Gasteiger partial charge in [0.2, 0.25) is 0 Å². The summed E-state index contributed by atoms with van der Waals surface area (Å²) in [4.78, 5) is 8.53. The van der Waals surface area contributed by atoms with Gasteiger partial charge in [0.1, 0.15) is 16.2 Å². The Morgan fingerprint density at radius 2 is 2.06 bits per heavy atom. The molecule has 0 aliphatic heterocycles. The molecule has 0 amide bonds. The molecule has 0 spiro atoms. The molecular weight excluding hydrogens is 310 g/mol. The van der Waals surface area contributed by atoms with Crippen molar-refractivity contribution in [3.8, 4) is 0 Å². The molecule has 0 atom stereocenters. The highest BCUT2D eigenvalue weighted by Crippen LogP contribution is 2.26. The van der Waals surface area contributed by atoms with Crippen LogP contribution in [0.4, 0.5) is 11.5 Å². The molecule has 3 nitrogen and oxygen atoms in total. The van der Waals surface area contributed by atoms with Crippen LogP contribution in [-0.4, -0.2) is 9.97 Å². The summed E-state index contributed by atoms with van der Waals surface area (Å²) in [5.74, 6) is 1.53. The Kier molecular flexibility index (Phi) is 3.01. The highest BCUT2D eigenvalue weighted by molar-refractivity contribution is 9.10. The third-order valence-corrected chi connectivity index (χ3v) is 3.84. The van der Waals surface area contributed by atoms with Gasteiger partial charge in [-0.25, -0.2) is 9.97 Å². The van der Waals surface area contributed by atoms with Crippen LogP contribution in [0.2, 0.25) is 0 Å². The van der Waals surface area contributed by atoms with Crippen LogP contribution in [0.25, 0.3) is 10.1 Å². The first-order valence-corrected chi connectivity index (χ1v) is 7.13. The molecule has 2 aromatic heterocycles. The number of nitrogens with zero attached hydrogens (tertiary/aromatic N) is 2. The van der Waals surface area contributed by atoms with Crippen molar-refractivity contribution in [1.82, 2.24) is 9.97 Å². The van der Waals surface area contributed by atoms with E-state index in [4.69, 9.17) is 0 Å². The summed E-state index contributed by atoms with van der Waals surface area (Å²) < 4.78 is 2.08. The number of hydrogen-bond acceptors (Lipinski definition) is 4.